The predicted octanol–water partition coefficient (Wildman–Crippen LogP) is 1.18. The van der Waals surface area contributed by atoms with Crippen molar-refractivity contribution in [2.45, 2.75) is 30.3 Å². The highest BCUT2D eigenvalue weighted by Gasteiger charge is 2.38. The summed E-state index contributed by atoms with van der Waals surface area (Å²) in [4.78, 5) is 7.83. The van der Waals surface area contributed by atoms with E-state index in [2.05, 4.69) is 15.4 Å². The molecule has 0 unspecified atom stereocenters. The summed E-state index contributed by atoms with van der Waals surface area (Å²) in [5.74, 6) is 5.37. The van der Waals surface area contributed by atoms with Crippen LogP contribution < -0.4 is 11.3 Å². The van der Waals surface area contributed by atoms with Crippen LogP contribution in [0.1, 0.15) is 18.4 Å². The van der Waals surface area contributed by atoms with Crippen LogP contribution in [0.2, 0.25) is 0 Å². The van der Waals surface area contributed by atoms with Gasteiger partial charge >= 0.3 is 0 Å². The number of nitrogens with zero attached hydrogens (tertiary/aromatic N) is 3. The van der Waals surface area contributed by atoms with E-state index in [1.54, 1.807) is 11.3 Å². The van der Waals surface area contributed by atoms with E-state index < -0.39 is 10.0 Å². The van der Waals surface area contributed by atoms with Gasteiger partial charge < -0.3 is 0 Å². The second kappa shape index (κ2) is 5.68. The summed E-state index contributed by atoms with van der Waals surface area (Å²) >= 11 is 1.56. The molecular weight excluding hydrogens is 310 g/mol. The monoisotopic (exact) mass is 325 g/mol. The number of hydrogen-bond donors (Lipinski definition) is 2. The molecule has 0 spiro atoms. The molecule has 0 atom stereocenters. The lowest BCUT2D eigenvalue weighted by Crippen LogP contribution is -2.32. The summed E-state index contributed by atoms with van der Waals surface area (Å²) in [5.41, 5.74) is 3.27. The smallest absolute Gasteiger partial charge is 0.246 e. The number of sulfonamides is 1. The minimum Gasteiger partial charge on any atom is -0.292 e. The van der Waals surface area contributed by atoms with E-state index in [0.29, 0.717) is 6.54 Å². The Kier molecular flexibility index (Phi) is 3.89. The zero-order chi connectivity index (χ0) is 14.9. The van der Waals surface area contributed by atoms with Crippen molar-refractivity contribution >= 4 is 27.3 Å². The third-order valence-electron chi connectivity index (χ3n) is 3.24. The first-order valence-corrected chi connectivity index (χ1v) is 8.81. The van der Waals surface area contributed by atoms with Crippen molar-refractivity contribution in [3.8, 4) is 0 Å². The Morgan fingerprint density at radius 3 is 2.62 bits per heavy atom. The van der Waals surface area contributed by atoms with Crippen LogP contribution >= 0.6 is 11.3 Å². The molecule has 3 N–H and O–H groups in total. The molecule has 1 saturated carbocycles. The number of hydrogen-bond acceptors (Lipinski definition) is 7. The Balaban J connectivity index is 1.89. The Bertz CT molecular complexity index is 696. The molecule has 21 heavy (non-hydrogen) atoms. The highest BCUT2D eigenvalue weighted by molar-refractivity contribution is 7.89. The quantitative estimate of drug-likeness (QED) is 0.611. The molecule has 3 rings (SSSR count). The maximum Gasteiger partial charge on any atom is 0.246 e. The van der Waals surface area contributed by atoms with Crippen molar-refractivity contribution in [2.75, 3.05) is 5.43 Å². The Morgan fingerprint density at radius 2 is 2.10 bits per heavy atom. The number of rotatable bonds is 6. The van der Waals surface area contributed by atoms with Gasteiger partial charge in [0, 0.05) is 12.6 Å². The zero-order valence-electron chi connectivity index (χ0n) is 11.1. The molecule has 2 heterocycles. The van der Waals surface area contributed by atoms with Crippen LogP contribution in [0, 0.1) is 0 Å². The molecule has 0 saturated heterocycles. The molecule has 1 aliphatic rings. The molecule has 0 radical (unpaired) electrons. The summed E-state index contributed by atoms with van der Waals surface area (Å²) in [6.07, 6.45) is 4.35. The summed E-state index contributed by atoms with van der Waals surface area (Å²) in [6.45, 7) is 0.382. The van der Waals surface area contributed by atoms with Crippen LogP contribution in [0.5, 0.6) is 0 Å². The molecule has 7 nitrogen and oxygen atoms in total. The topological polar surface area (TPSA) is 101 Å². The number of thiophene rings is 1. The number of hydrazine groups is 1. The molecule has 2 aromatic heterocycles. The first kappa shape index (κ1) is 14.4. The molecule has 1 fully saturated rings. The van der Waals surface area contributed by atoms with Crippen molar-refractivity contribution in [3.63, 3.8) is 0 Å². The van der Waals surface area contributed by atoms with Crippen LogP contribution in [-0.4, -0.2) is 28.7 Å². The Labute approximate surface area is 126 Å². The van der Waals surface area contributed by atoms with E-state index in [1.165, 1.54) is 16.7 Å². The molecule has 1 aliphatic carbocycles. The fraction of sp³-hybridized carbons (Fsp3) is 0.333. The number of nitrogens with two attached hydrogens (primary N) is 1. The van der Waals surface area contributed by atoms with Gasteiger partial charge in [-0.3, -0.25) is 5.43 Å². The normalized spacial score (nSPS) is 15.3. The van der Waals surface area contributed by atoms with Gasteiger partial charge in [0.15, 0.2) is 0 Å². The first-order valence-electron chi connectivity index (χ1n) is 6.43. The lowest BCUT2D eigenvalue weighted by atomic mass is 10.3. The van der Waals surface area contributed by atoms with Crippen LogP contribution in [0.15, 0.2) is 34.1 Å². The highest BCUT2D eigenvalue weighted by atomic mass is 32.2. The summed E-state index contributed by atoms with van der Waals surface area (Å²) in [5, 5.41) is 3.90. The van der Waals surface area contributed by atoms with Crippen molar-refractivity contribution in [1.29, 1.82) is 0 Å². The molecular formula is C12H15N5O2S2. The minimum atomic E-state index is -3.59. The van der Waals surface area contributed by atoms with Crippen molar-refractivity contribution in [3.05, 3.63) is 34.8 Å². The van der Waals surface area contributed by atoms with Gasteiger partial charge in [-0.1, -0.05) is 0 Å². The molecule has 0 amide bonds. The molecule has 9 heteroatoms. The van der Waals surface area contributed by atoms with E-state index in [9.17, 15) is 8.42 Å². The lowest BCUT2D eigenvalue weighted by molar-refractivity contribution is 0.398. The van der Waals surface area contributed by atoms with Crippen LogP contribution in [0.4, 0.5) is 5.95 Å². The fourth-order valence-corrected chi connectivity index (χ4v) is 4.22. The summed E-state index contributed by atoms with van der Waals surface area (Å²) in [6, 6.07) is 2.01. The Hall–Kier alpha value is -1.55. The zero-order valence-corrected chi connectivity index (χ0v) is 12.8. The second-order valence-electron chi connectivity index (χ2n) is 4.80. The molecule has 2 aromatic rings. The van der Waals surface area contributed by atoms with E-state index in [4.69, 9.17) is 5.84 Å². The van der Waals surface area contributed by atoms with E-state index in [1.807, 2.05) is 16.8 Å². The van der Waals surface area contributed by atoms with Gasteiger partial charge in [0.25, 0.3) is 0 Å². The predicted molar refractivity (Wildman–Crippen MR) is 79.9 cm³/mol. The van der Waals surface area contributed by atoms with Crippen molar-refractivity contribution in [2.24, 2.45) is 5.84 Å². The van der Waals surface area contributed by atoms with Gasteiger partial charge in [0.05, 0.1) is 12.4 Å². The number of aromatic nitrogens is 2. The van der Waals surface area contributed by atoms with Gasteiger partial charge in [-0.15, -0.1) is 0 Å². The molecule has 0 bridgehead atoms. The van der Waals surface area contributed by atoms with E-state index in [0.717, 1.165) is 18.4 Å². The van der Waals surface area contributed by atoms with Crippen LogP contribution in [0.25, 0.3) is 0 Å². The minimum absolute atomic E-state index is 0.0715. The summed E-state index contributed by atoms with van der Waals surface area (Å²) < 4.78 is 27.0. The first-order chi connectivity index (χ1) is 10.1. The van der Waals surface area contributed by atoms with Gasteiger partial charge in [0.1, 0.15) is 4.90 Å². The van der Waals surface area contributed by atoms with Crippen LogP contribution in [-0.2, 0) is 16.6 Å². The number of nitrogens with one attached hydrogen (secondary N) is 1. The third-order valence-corrected chi connectivity index (χ3v) is 5.82. The highest BCUT2D eigenvalue weighted by Crippen LogP contribution is 2.33. The standard InChI is InChI=1S/C12H15N5O2S2/c13-16-12-14-5-11(6-15-12)21(18,19)17(10-1-2-10)7-9-3-4-20-8-9/h3-6,8,10H,1-2,7,13H2,(H,14,15,16). The SMILES string of the molecule is NNc1ncc(S(=O)(=O)N(Cc2ccsc2)C2CC2)cn1. The molecule has 112 valence electrons. The Morgan fingerprint density at radius 1 is 1.38 bits per heavy atom. The summed E-state index contributed by atoms with van der Waals surface area (Å²) in [7, 11) is -3.59. The van der Waals surface area contributed by atoms with Crippen molar-refractivity contribution < 1.29 is 8.42 Å². The average molecular weight is 325 g/mol. The number of nitrogen functional groups attached to an aromatic ring is 1. The van der Waals surface area contributed by atoms with Crippen molar-refractivity contribution in [1.82, 2.24) is 14.3 Å². The third kappa shape index (κ3) is 3.05. The number of anilines is 1. The molecule has 0 aliphatic heterocycles. The van der Waals surface area contributed by atoms with E-state index in [-0.39, 0.29) is 16.9 Å². The lowest BCUT2D eigenvalue weighted by Gasteiger charge is -2.21. The largest absolute Gasteiger partial charge is 0.292 e. The molecule has 0 aromatic carbocycles. The fourth-order valence-electron chi connectivity index (χ4n) is 1.99. The van der Waals surface area contributed by atoms with E-state index >= 15 is 0 Å². The van der Waals surface area contributed by atoms with Gasteiger partial charge in [-0.25, -0.2) is 24.2 Å². The maximum atomic E-state index is 12.7. The van der Waals surface area contributed by atoms with Gasteiger partial charge in [-0.2, -0.15) is 15.6 Å². The van der Waals surface area contributed by atoms with Crippen LogP contribution in [0.3, 0.4) is 0 Å². The average Bonchev–Trinajstić information content (AvgIpc) is 3.20. The second-order valence-corrected chi connectivity index (χ2v) is 7.47. The van der Waals surface area contributed by atoms with Gasteiger partial charge in [0.2, 0.25) is 16.0 Å². The maximum absolute atomic E-state index is 12.7. The van der Waals surface area contributed by atoms with Gasteiger partial charge in [-0.05, 0) is 35.2 Å².